The number of aromatic nitrogens is 4. The van der Waals surface area contributed by atoms with Gasteiger partial charge in [0.1, 0.15) is 12.7 Å². The molecule has 0 aliphatic carbocycles. The fourth-order valence-corrected chi connectivity index (χ4v) is 2.17. The van der Waals surface area contributed by atoms with Gasteiger partial charge in [0.25, 0.3) is 0 Å². The predicted octanol–water partition coefficient (Wildman–Crippen LogP) is 2.52. The largest absolute Gasteiger partial charge is 0.390 e. The first-order valence-corrected chi connectivity index (χ1v) is 6.88. The summed E-state index contributed by atoms with van der Waals surface area (Å²) in [5.74, 6) is 0. The summed E-state index contributed by atoms with van der Waals surface area (Å²) >= 11 is 5.84. The molecule has 0 aliphatic rings. The minimum Gasteiger partial charge on any atom is -0.390 e. The average Bonchev–Trinajstić information content (AvgIpc) is 2.90. The molecule has 0 amide bonds. The van der Waals surface area contributed by atoms with Crippen LogP contribution in [0.3, 0.4) is 0 Å². The molecule has 0 spiro atoms. The van der Waals surface area contributed by atoms with Crippen LogP contribution in [0.4, 0.5) is 0 Å². The number of nitrogens with zero attached hydrogens (tertiary/aromatic N) is 4. The van der Waals surface area contributed by atoms with Crippen LogP contribution < -0.4 is 0 Å². The van der Waals surface area contributed by atoms with Crippen LogP contribution in [0, 0.1) is 5.41 Å². The number of pyridine rings is 1. The van der Waals surface area contributed by atoms with E-state index in [0.717, 1.165) is 5.69 Å². The van der Waals surface area contributed by atoms with E-state index in [9.17, 15) is 5.11 Å². The van der Waals surface area contributed by atoms with Crippen LogP contribution in [0.1, 0.15) is 32.5 Å². The summed E-state index contributed by atoms with van der Waals surface area (Å²) in [6.07, 6.45) is 4.70. The van der Waals surface area contributed by atoms with E-state index in [-0.39, 0.29) is 11.5 Å². The van der Waals surface area contributed by atoms with Crippen molar-refractivity contribution in [3.8, 4) is 0 Å². The maximum absolute atomic E-state index is 10.6. The molecule has 108 valence electrons. The Morgan fingerprint density at radius 2 is 2.10 bits per heavy atom. The van der Waals surface area contributed by atoms with E-state index in [1.165, 1.54) is 6.33 Å². The Labute approximate surface area is 123 Å². The summed E-state index contributed by atoms with van der Waals surface area (Å²) < 4.78 is 1.69. The van der Waals surface area contributed by atoms with Gasteiger partial charge < -0.3 is 5.11 Å². The molecule has 2 atom stereocenters. The number of aliphatic hydroxyl groups is 1. The van der Waals surface area contributed by atoms with Crippen LogP contribution in [0.5, 0.6) is 0 Å². The van der Waals surface area contributed by atoms with E-state index in [2.05, 4.69) is 15.1 Å². The minimum atomic E-state index is -0.568. The molecular formula is C14H19ClN4O. The zero-order valence-corrected chi connectivity index (χ0v) is 12.6. The third kappa shape index (κ3) is 3.55. The van der Waals surface area contributed by atoms with E-state index in [1.807, 2.05) is 26.8 Å². The molecule has 20 heavy (non-hydrogen) atoms. The first kappa shape index (κ1) is 14.9. The summed E-state index contributed by atoms with van der Waals surface area (Å²) in [5.41, 5.74) is 0.599. The number of halogens is 1. The summed E-state index contributed by atoms with van der Waals surface area (Å²) in [6.45, 7) is 5.99. The number of rotatable bonds is 4. The van der Waals surface area contributed by atoms with Crippen molar-refractivity contribution >= 4 is 11.6 Å². The van der Waals surface area contributed by atoms with Gasteiger partial charge in [-0.25, -0.2) is 9.67 Å². The van der Waals surface area contributed by atoms with Crippen LogP contribution in [-0.4, -0.2) is 31.0 Å². The molecule has 2 aromatic rings. The van der Waals surface area contributed by atoms with Crippen molar-refractivity contribution in [3.05, 3.63) is 41.7 Å². The Hall–Kier alpha value is -1.46. The second-order valence-electron chi connectivity index (χ2n) is 5.93. The second kappa shape index (κ2) is 5.89. The topological polar surface area (TPSA) is 63.8 Å². The maximum Gasteiger partial charge on any atom is 0.137 e. The summed E-state index contributed by atoms with van der Waals surface area (Å²) in [4.78, 5) is 8.25. The lowest BCUT2D eigenvalue weighted by Gasteiger charge is -2.32. The van der Waals surface area contributed by atoms with Gasteiger partial charge in [0.15, 0.2) is 0 Å². The first-order valence-electron chi connectivity index (χ1n) is 6.50. The van der Waals surface area contributed by atoms with Gasteiger partial charge in [0, 0.05) is 18.3 Å². The molecular weight excluding hydrogens is 276 g/mol. The standard InChI is InChI=1S/C14H19ClN4O/c1-14(2,3)13(20)12(19-9-16-8-18-19)6-11-5-4-10(15)7-17-11/h4-5,7-9,12-13,20H,6H2,1-3H3. The summed E-state index contributed by atoms with van der Waals surface area (Å²) in [7, 11) is 0. The highest BCUT2D eigenvalue weighted by Crippen LogP contribution is 2.30. The Kier molecular flexibility index (Phi) is 4.40. The molecule has 0 bridgehead atoms. The van der Waals surface area contributed by atoms with Crippen molar-refractivity contribution in [1.82, 2.24) is 19.7 Å². The Morgan fingerprint density at radius 1 is 1.35 bits per heavy atom. The van der Waals surface area contributed by atoms with E-state index in [0.29, 0.717) is 11.4 Å². The van der Waals surface area contributed by atoms with Gasteiger partial charge in [-0.1, -0.05) is 32.4 Å². The van der Waals surface area contributed by atoms with Crippen molar-refractivity contribution in [2.24, 2.45) is 5.41 Å². The fourth-order valence-electron chi connectivity index (χ4n) is 2.06. The zero-order chi connectivity index (χ0) is 14.8. The highest BCUT2D eigenvalue weighted by atomic mass is 35.5. The molecule has 0 radical (unpaired) electrons. The number of hydrogen-bond donors (Lipinski definition) is 1. The number of aliphatic hydroxyl groups excluding tert-OH is 1. The summed E-state index contributed by atoms with van der Waals surface area (Å²) in [6, 6.07) is 3.44. The molecule has 6 heteroatoms. The molecule has 2 rings (SSSR count). The molecule has 5 nitrogen and oxygen atoms in total. The van der Waals surface area contributed by atoms with Crippen LogP contribution >= 0.6 is 11.6 Å². The van der Waals surface area contributed by atoms with Crippen LogP contribution in [0.15, 0.2) is 31.0 Å². The predicted molar refractivity (Wildman–Crippen MR) is 77.5 cm³/mol. The maximum atomic E-state index is 10.6. The molecule has 2 heterocycles. The molecule has 0 saturated carbocycles. The quantitative estimate of drug-likeness (QED) is 0.941. The third-order valence-corrected chi connectivity index (χ3v) is 3.46. The lowest BCUT2D eigenvalue weighted by Crippen LogP contribution is -2.37. The molecule has 0 saturated heterocycles. The zero-order valence-electron chi connectivity index (χ0n) is 11.9. The monoisotopic (exact) mass is 294 g/mol. The third-order valence-electron chi connectivity index (χ3n) is 3.24. The van der Waals surface area contributed by atoms with E-state index < -0.39 is 6.10 Å². The van der Waals surface area contributed by atoms with Gasteiger partial charge in [0.2, 0.25) is 0 Å². The van der Waals surface area contributed by atoms with Crippen LogP contribution in [0.25, 0.3) is 0 Å². The molecule has 0 aliphatic heterocycles. The smallest absolute Gasteiger partial charge is 0.137 e. The van der Waals surface area contributed by atoms with Crippen molar-refractivity contribution < 1.29 is 5.11 Å². The Bertz CT molecular complexity index is 533. The lowest BCUT2D eigenvalue weighted by atomic mass is 9.83. The van der Waals surface area contributed by atoms with Crippen molar-refractivity contribution in [2.75, 3.05) is 0 Å². The van der Waals surface area contributed by atoms with Crippen LogP contribution in [-0.2, 0) is 6.42 Å². The van der Waals surface area contributed by atoms with Gasteiger partial charge in [-0.15, -0.1) is 0 Å². The van der Waals surface area contributed by atoms with Crippen molar-refractivity contribution in [2.45, 2.75) is 39.3 Å². The van der Waals surface area contributed by atoms with E-state index in [4.69, 9.17) is 11.6 Å². The molecule has 2 aromatic heterocycles. The van der Waals surface area contributed by atoms with E-state index >= 15 is 0 Å². The Morgan fingerprint density at radius 3 is 2.60 bits per heavy atom. The average molecular weight is 295 g/mol. The van der Waals surface area contributed by atoms with E-state index in [1.54, 1.807) is 23.3 Å². The minimum absolute atomic E-state index is 0.217. The molecule has 0 fully saturated rings. The lowest BCUT2D eigenvalue weighted by molar-refractivity contribution is 0.0121. The second-order valence-corrected chi connectivity index (χ2v) is 6.36. The van der Waals surface area contributed by atoms with Gasteiger partial charge >= 0.3 is 0 Å². The van der Waals surface area contributed by atoms with Crippen LogP contribution in [0.2, 0.25) is 5.02 Å². The Balaban J connectivity index is 2.26. The van der Waals surface area contributed by atoms with Gasteiger partial charge in [-0.2, -0.15) is 5.10 Å². The molecule has 0 aromatic carbocycles. The van der Waals surface area contributed by atoms with Gasteiger partial charge in [0.05, 0.1) is 17.2 Å². The SMILES string of the molecule is CC(C)(C)C(O)C(Cc1ccc(Cl)cn1)n1cncn1. The van der Waals surface area contributed by atoms with Gasteiger partial charge in [-0.05, 0) is 17.5 Å². The number of hydrogen-bond acceptors (Lipinski definition) is 4. The molecule has 1 N–H and O–H groups in total. The van der Waals surface area contributed by atoms with Gasteiger partial charge in [-0.3, -0.25) is 4.98 Å². The fraction of sp³-hybridized carbons (Fsp3) is 0.500. The molecule has 2 unspecified atom stereocenters. The highest BCUT2D eigenvalue weighted by Gasteiger charge is 2.32. The van der Waals surface area contributed by atoms with Crippen molar-refractivity contribution in [1.29, 1.82) is 0 Å². The highest BCUT2D eigenvalue weighted by molar-refractivity contribution is 6.30. The first-order chi connectivity index (χ1) is 9.38. The summed E-state index contributed by atoms with van der Waals surface area (Å²) in [5, 5.41) is 15.3. The normalized spacial score (nSPS) is 15.1. The van der Waals surface area contributed by atoms with Crippen molar-refractivity contribution in [3.63, 3.8) is 0 Å².